The van der Waals surface area contributed by atoms with Crippen molar-refractivity contribution in [2.24, 2.45) is 0 Å². The van der Waals surface area contributed by atoms with Gasteiger partial charge in [0, 0.05) is 12.0 Å². The lowest BCUT2D eigenvalue weighted by molar-refractivity contribution is -0.120. The Labute approximate surface area is 145 Å². The van der Waals surface area contributed by atoms with Crippen molar-refractivity contribution in [1.29, 1.82) is 0 Å². The number of para-hydroxylation sites is 1. The first-order valence-electron chi connectivity index (χ1n) is 8.29. The molecule has 0 spiro atoms. The maximum atomic E-state index is 12.1. The van der Waals surface area contributed by atoms with Crippen molar-refractivity contribution >= 4 is 5.91 Å². The van der Waals surface area contributed by atoms with Crippen molar-refractivity contribution in [3.05, 3.63) is 72.1 Å². The van der Waals surface area contributed by atoms with Gasteiger partial charge in [-0.2, -0.15) is 0 Å². The minimum atomic E-state index is -0.0903. The van der Waals surface area contributed by atoms with E-state index in [4.69, 9.17) is 9.15 Å². The Morgan fingerprint density at radius 2 is 1.92 bits per heavy atom. The normalized spacial score (nSPS) is 15.4. The molecule has 0 saturated heterocycles. The summed E-state index contributed by atoms with van der Waals surface area (Å²) in [4.78, 5) is 16.5. The van der Waals surface area contributed by atoms with E-state index in [9.17, 15) is 4.79 Å². The number of aromatic nitrogens is 1. The Morgan fingerprint density at radius 3 is 2.76 bits per heavy atom. The molecule has 1 atom stereocenters. The van der Waals surface area contributed by atoms with E-state index < -0.39 is 0 Å². The number of carbonyl (C=O) groups excluding carboxylic acids is 1. The summed E-state index contributed by atoms with van der Waals surface area (Å²) in [5.74, 6) is 1.34. The lowest BCUT2D eigenvalue weighted by atomic mass is 10.1. The van der Waals surface area contributed by atoms with Crippen LogP contribution in [0.15, 0.2) is 65.3 Å². The second kappa shape index (κ2) is 6.81. The van der Waals surface area contributed by atoms with E-state index in [0.717, 1.165) is 17.7 Å². The fraction of sp³-hybridized carbons (Fsp3) is 0.200. The van der Waals surface area contributed by atoms with Crippen molar-refractivity contribution in [1.82, 2.24) is 10.3 Å². The van der Waals surface area contributed by atoms with Crippen LogP contribution in [0.4, 0.5) is 0 Å². The first-order valence-corrected chi connectivity index (χ1v) is 8.29. The summed E-state index contributed by atoms with van der Waals surface area (Å²) < 4.78 is 11.3. The van der Waals surface area contributed by atoms with Crippen molar-refractivity contribution in [2.45, 2.75) is 18.9 Å². The lowest BCUT2D eigenvalue weighted by Gasteiger charge is -2.11. The third-order valence-electron chi connectivity index (χ3n) is 4.15. The van der Waals surface area contributed by atoms with Gasteiger partial charge >= 0.3 is 0 Å². The number of rotatable bonds is 5. The standard InChI is InChI=1S/C20H18N2O3/c23-19(21-12-17-10-15-8-4-5-9-18(15)25-17)11-16-13-24-20(22-16)14-6-2-1-3-7-14/h1-9,13,17H,10-12H2,(H,21,23)/t17-/m0/s1. The summed E-state index contributed by atoms with van der Waals surface area (Å²) in [5.41, 5.74) is 2.70. The third-order valence-corrected chi connectivity index (χ3v) is 4.15. The molecule has 0 unspecified atom stereocenters. The molecule has 0 radical (unpaired) electrons. The van der Waals surface area contributed by atoms with Crippen LogP contribution in [-0.4, -0.2) is 23.5 Å². The Hall–Kier alpha value is -3.08. The number of carbonyl (C=O) groups is 1. The van der Waals surface area contributed by atoms with Gasteiger partial charge in [-0.15, -0.1) is 0 Å². The van der Waals surface area contributed by atoms with E-state index >= 15 is 0 Å². The van der Waals surface area contributed by atoms with E-state index in [2.05, 4.69) is 16.4 Å². The average Bonchev–Trinajstić information content (AvgIpc) is 3.27. The van der Waals surface area contributed by atoms with Gasteiger partial charge in [-0.25, -0.2) is 4.98 Å². The molecule has 0 aliphatic carbocycles. The third kappa shape index (κ3) is 3.55. The average molecular weight is 334 g/mol. The van der Waals surface area contributed by atoms with Crippen molar-refractivity contribution in [3.63, 3.8) is 0 Å². The van der Waals surface area contributed by atoms with Gasteiger partial charge in [0.25, 0.3) is 0 Å². The fourth-order valence-corrected chi connectivity index (χ4v) is 2.92. The molecular weight excluding hydrogens is 316 g/mol. The van der Waals surface area contributed by atoms with Crippen LogP contribution in [0.5, 0.6) is 5.75 Å². The summed E-state index contributed by atoms with van der Waals surface area (Å²) in [6.07, 6.45) is 2.52. The molecular formula is C20H18N2O3. The van der Waals surface area contributed by atoms with Gasteiger partial charge in [-0.05, 0) is 23.8 Å². The highest BCUT2D eigenvalue weighted by Gasteiger charge is 2.22. The second-order valence-electron chi connectivity index (χ2n) is 6.04. The molecule has 0 saturated carbocycles. The van der Waals surface area contributed by atoms with Gasteiger partial charge < -0.3 is 14.5 Å². The zero-order valence-electron chi connectivity index (χ0n) is 13.6. The minimum Gasteiger partial charge on any atom is -0.488 e. The lowest BCUT2D eigenvalue weighted by Crippen LogP contribution is -2.35. The van der Waals surface area contributed by atoms with Gasteiger partial charge in [0.05, 0.1) is 18.7 Å². The Bertz CT molecular complexity index is 848. The van der Waals surface area contributed by atoms with Crippen LogP contribution in [0.3, 0.4) is 0 Å². The van der Waals surface area contributed by atoms with E-state index in [1.54, 1.807) is 0 Å². The Kier molecular flexibility index (Phi) is 4.21. The monoisotopic (exact) mass is 334 g/mol. The topological polar surface area (TPSA) is 64.4 Å². The van der Waals surface area contributed by atoms with Crippen LogP contribution in [-0.2, 0) is 17.6 Å². The summed E-state index contributed by atoms with van der Waals surface area (Å²) in [6, 6.07) is 17.6. The first-order chi connectivity index (χ1) is 12.3. The molecule has 2 heterocycles. The molecule has 4 rings (SSSR count). The predicted octanol–water partition coefficient (Wildman–Crippen LogP) is 3.00. The van der Waals surface area contributed by atoms with E-state index in [1.165, 1.54) is 11.8 Å². The molecule has 1 amide bonds. The zero-order chi connectivity index (χ0) is 17.1. The molecule has 126 valence electrons. The number of hydrogen-bond donors (Lipinski definition) is 1. The fourth-order valence-electron chi connectivity index (χ4n) is 2.92. The number of fused-ring (bicyclic) bond motifs is 1. The Morgan fingerprint density at radius 1 is 1.12 bits per heavy atom. The van der Waals surface area contributed by atoms with Crippen molar-refractivity contribution in [3.8, 4) is 17.2 Å². The highest BCUT2D eigenvalue weighted by atomic mass is 16.5. The molecule has 5 nitrogen and oxygen atoms in total. The molecule has 0 bridgehead atoms. The molecule has 0 fully saturated rings. The summed E-state index contributed by atoms with van der Waals surface area (Å²) in [5, 5.41) is 2.91. The highest BCUT2D eigenvalue weighted by molar-refractivity contribution is 5.78. The van der Waals surface area contributed by atoms with Gasteiger partial charge in [0.1, 0.15) is 18.1 Å². The molecule has 1 N–H and O–H groups in total. The first kappa shape index (κ1) is 15.4. The predicted molar refractivity (Wildman–Crippen MR) is 93.2 cm³/mol. The molecule has 25 heavy (non-hydrogen) atoms. The summed E-state index contributed by atoms with van der Waals surface area (Å²) in [6.45, 7) is 0.483. The number of amides is 1. The van der Waals surface area contributed by atoms with Gasteiger partial charge in [-0.3, -0.25) is 4.79 Å². The second-order valence-corrected chi connectivity index (χ2v) is 6.04. The number of nitrogens with one attached hydrogen (secondary N) is 1. The summed E-state index contributed by atoms with van der Waals surface area (Å²) in [7, 11) is 0. The molecule has 1 aliphatic heterocycles. The molecule has 3 aromatic rings. The number of nitrogens with zero attached hydrogens (tertiary/aromatic N) is 1. The number of oxazole rings is 1. The van der Waals surface area contributed by atoms with Crippen LogP contribution in [0.1, 0.15) is 11.3 Å². The number of ether oxygens (including phenoxy) is 1. The maximum Gasteiger partial charge on any atom is 0.226 e. The van der Waals surface area contributed by atoms with Crippen LogP contribution >= 0.6 is 0 Å². The van der Waals surface area contributed by atoms with Crippen LogP contribution in [0, 0.1) is 0 Å². The van der Waals surface area contributed by atoms with E-state index in [-0.39, 0.29) is 18.4 Å². The van der Waals surface area contributed by atoms with Crippen LogP contribution in [0.2, 0.25) is 0 Å². The van der Waals surface area contributed by atoms with Gasteiger partial charge in [0.15, 0.2) is 0 Å². The van der Waals surface area contributed by atoms with Crippen molar-refractivity contribution in [2.75, 3.05) is 6.54 Å². The maximum absolute atomic E-state index is 12.1. The van der Waals surface area contributed by atoms with E-state index in [1.807, 2.05) is 48.5 Å². The van der Waals surface area contributed by atoms with Gasteiger partial charge in [-0.1, -0.05) is 36.4 Å². The largest absolute Gasteiger partial charge is 0.488 e. The number of hydrogen-bond acceptors (Lipinski definition) is 4. The molecule has 1 aliphatic rings. The minimum absolute atomic E-state index is 0.0152. The van der Waals surface area contributed by atoms with Crippen molar-refractivity contribution < 1.29 is 13.9 Å². The smallest absolute Gasteiger partial charge is 0.226 e. The molecule has 1 aromatic heterocycles. The highest BCUT2D eigenvalue weighted by Crippen LogP contribution is 2.27. The Balaban J connectivity index is 1.29. The van der Waals surface area contributed by atoms with Crippen LogP contribution in [0.25, 0.3) is 11.5 Å². The van der Waals surface area contributed by atoms with E-state index in [0.29, 0.717) is 18.1 Å². The summed E-state index contributed by atoms with van der Waals surface area (Å²) >= 11 is 0. The van der Waals surface area contributed by atoms with Crippen LogP contribution < -0.4 is 10.1 Å². The SMILES string of the molecule is O=C(Cc1coc(-c2ccccc2)n1)NC[C@@H]1Cc2ccccc2O1. The molecule has 5 heteroatoms. The number of benzene rings is 2. The quantitative estimate of drug-likeness (QED) is 0.779. The van der Waals surface area contributed by atoms with Gasteiger partial charge in [0.2, 0.25) is 11.8 Å². The molecule has 2 aromatic carbocycles. The zero-order valence-corrected chi connectivity index (χ0v) is 13.6.